The van der Waals surface area contributed by atoms with Crippen molar-refractivity contribution in [1.82, 2.24) is 15.0 Å². The Kier molecular flexibility index (Phi) is 6.32. The molecular formula is C13H23N3O4S. The highest BCUT2D eigenvalue weighted by Gasteiger charge is 2.23. The number of aryl methyl sites for hydroxylation is 1. The molecule has 0 aliphatic heterocycles. The van der Waals surface area contributed by atoms with Crippen molar-refractivity contribution < 1.29 is 17.9 Å². The smallest absolute Gasteiger partial charge is 0.360 e. The van der Waals surface area contributed by atoms with E-state index in [0.29, 0.717) is 18.7 Å². The Hall–Kier alpha value is -1.44. The maximum atomic E-state index is 11.8. The highest BCUT2D eigenvalue weighted by molar-refractivity contribution is 7.91. The number of esters is 1. The number of carbonyl (C=O) groups excluding carboxylic acids is 1. The van der Waals surface area contributed by atoms with Gasteiger partial charge >= 0.3 is 5.97 Å². The maximum Gasteiger partial charge on any atom is 0.360 e. The molecule has 0 unspecified atom stereocenters. The van der Waals surface area contributed by atoms with Gasteiger partial charge in [-0.05, 0) is 19.3 Å². The molecule has 0 aliphatic rings. The molecule has 1 heterocycles. The molecule has 1 aromatic heterocycles. The summed E-state index contributed by atoms with van der Waals surface area (Å²) in [6.45, 7) is 7.91. The van der Waals surface area contributed by atoms with Gasteiger partial charge in [0.05, 0.1) is 18.1 Å². The van der Waals surface area contributed by atoms with Crippen molar-refractivity contribution in [2.75, 3.05) is 18.1 Å². The molecule has 0 N–H and O–H groups in total. The van der Waals surface area contributed by atoms with Crippen molar-refractivity contribution >= 4 is 15.8 Å². The monoisotopic (exact) mass is 317 g/mol. The summed E-state index contributed by atoms with van der Waals surface area (Å²) < 4.78 is 29.5. The molecule has 1 rings (SSSR count). The minimum atomic E-state index is -2.99. The quantitative estimate of drug-likeness (QED) is 0.673. The van der Waals surface area contributed by atoms with Gasteiger partial charge in [-0.3, -0.25) is 0 Å². The van der Waals surface area contributed by atoms with Crippen molar-refractivity contribution in [2.24, 2.45) is 0 Å². The molecule has 0 atom stereocenters. The summed E-state index contributed by atoms with van der Waals surface area (Å²) in [6, 6.07) is 0. The zero-order valence-corrected chi connectivity index (χ0v) is 13.8. The molecule has 0 amide bonds. The van der Waals surface area contributed by atoms with E-state index < -0.39 is 15.8 Å². The highest BCUT2D eigenvalue weighted by atomic mass is 32.2. The van der Waals surface area contributed by atoms with Crippen LogP contribution in [0.15, 0.2) is 0 Å². The predicted molar refractivity (Wildman–Crippen MR) is 79.0 cm³/mol. The fraction of sp³-hybridized carbons (Fsp3) is 0.769. The van der Waals surface area contributed by atoms with E-state index in [1.54, 1.807) is 18.5 Å². The first-order chi connectivity index (χ1) is 9.82. The molecule has 120 valence electrons. The zero-order valence-electron chi connectivity index (χ0n) is 13.0. The van der Waals surface area contributed by atoms with Crippen molar-refractivity contribution in [2.45, 2.75) is 46.6 Å². The molecule has 0 aromatic carbocycles. The van der Waals surface area contributed by atoms with E-state index in [-0.39, 0.29) is 29.7 Å². The van der Waals surface area contributed by atoms with Gasteiger partial charge in [0.2, 0.25) is 0 Å². The lowest BCUT2D eigenvalue weighted by Gasteiger charge is -2.10. The van der Waals surface area contributed by atoms with Crippen LogP contribution in [0.4, 0.5) is 0 Å². The number of hydrogen-bond donors (Lipinski definition) is 0. The second kappa shape index (κ2) is 7.53. The molecule has 0 fully saturated rings. The molecule has 1 aromatic rings. The van der Waals surface area contributed by atoms with Crippen LogP contribution < -0.4 is 0 Å². The van der Waals surface area contributed by atoms with Crippen LogP contribution in [0, 0.1) is 0 Å². The lowest BCUT2D eigenvalue weighted by molar-refractivity contribution is 0.0517. The lowest BCUT2D eigenvalue weighted by atomic mass is 10.1. The SMILES string of the molecule is CCOC(=O)c1nnn(CCCS(=O)(=O)CC)c1C(C)C. The number of aromatic nitrogens is 3. The zero-order chi connectivity index (χ0) is 16.0. The van der Waals surface area contributed by atoms with Crippen LogP contribution in [0.2, 0.25) is 0 Å². The molecule has 0 spiro atoms. The van der Waals surface area contributed by atoms with Gasteiger partial charge in [-0.1, -0.05) is 26.0 Å². The Morgan fingerprint density at radius 3 is 2.52 bits per heavy atom. The van der Waals surface area contributed by atoms with Crippen LogP contribution in [-0.4, -0.2) is 47.5 Å². The summed E-state index contributed by atoms with van der Waals surface area (Å²) in [4.78, 5) is 11.8. The Morgan fingerprint density at radius 2 is 2.00 bits per heavy atom. The first-order valence-electron chi connectivity index (χ1n) is 7.13. The van der Waals surface area contributed by atoms with Gasteiger partial charge < -0.3 is 4.74 Å². The van der Waals surface area contributed by atoms with E-state index in [0.717, 1.165) is 0 Å². The third kappa shape index (κ3) is 4.80. The Balaban J connectivity index is 2.86. The molecule has 0 saturated carbocycles. The average molecular weight is 317 g/mol. The van der Waals surface area contributed by atoms with E-state index in [1.807, 2.05) is 13.8 Å². The van der Waals surface area contributed by atoms with Gasteiger partial charge in [0.15, 0.2) is 5.69 Å². The fourth-order valence-corrected chi connectivity index (χ4v) is 2.84. The molecule has 21 heavy (non-hydrogen) atoms. The average Bonchev–Trinajstić information content (AvgIpc) is 2.83. The second-order valence-electron chi connectivity index (χ2n) is 5.01. The largest absolute Gasteiger partial charge is 0.461 e. The summed E-state index contributed by atoms with van der Waals surface area (Å²) in [7, 11) is -2.99. The summed E-state index contributed by atoms with van der Waals surface area (Å²) >= 11 is 0. The lowest BCUT2D eigenvalue weighted by Crippen LogP contribution is -2.15. The van der Waals surface area contributed by atoms with E-state index in [4.69, 9.17) is 4.74 Å². The number of carbonyl (C=O) groups is 1. The Labute approximate surface area is 125 Å². The van der Waals surface area contributed by atoms with Gasteiger partial charge in [-0.25, -0.2) is 17.9 Å². The van der Waals surface area contributed by atoms with Crippen molar-refractivity contribution in [3.8, 4) is 0 Å². The predicted octanol–water partition coefficient (Wildman–Crippen LogP) is 1.40. The van der Waals surface area contributed by atoms with Gasteiger partial charge in [0.25, 0.3) is 0 Å². The molecule has 8 heteroatoms. The standard InChI is InChI=1S/C13H23N3O4S/c1-5-20-13(17)11-12(10(3)4)16(15-14-11)8-7-9-21(18,19)6-2/h10H,5-9H2,1-4H3. The third-order valence-corrected chi connectivity index (χ3v) is 4.84. The Bertz CT molecular complexity index is 578. The van der Waals surface area contributed by atoms with Gasteiger partial charge in [0, 0.05) is 12.3 Å². The molecule has 0 aliphatic carbocycles. The third-order valence-electron chi connectivity index (χ3n) is 3.05. The van der Waals surface area contributed by atoms with Crippen LogP contribution in [0.1, 0.15) is 56.2 Å². The topological polar surface area (TPSA) is 91.2 Å². The summed E-state index contributed by atoms with van der Waals surface area (Å²) in [6.07, 6.45) is 0.446. The number of sulfone groups is 1. The summed E-state index contributed by atoms with van der Waals surface area (Å²) in [5, 5.41) is 7.84. The summed E-state index contributed by atoms with van der Waals surface area (Å²) in [5.41, 5.74) is 0.896. The van der Waals surface area contributed by atoms with E-state index >= 15 is 0 Å². The fourth-order valence-electron chi connectivity index (χ4n) is 1.98. The number of ether oxygens (including phenoxy) is 1. The van der Waals surface area contributed by atoms with Crippen LogP contribution in [-0.2, 0) is 21.1 Å². The van der Waals surface area contributed by atoms with Crippen LogP contribution in [0.25, 0.3) is 0 Å². The summed E-state index contributed by atoms with van der Waals surface area (Å²) in [5.74, 6) is -0.207. The first-order valence-corrected chi connectivity index (χ1v) is 8.95. The van der Waals surface area contributed by atoms with E-state index in [2.05, 4.69) is 10.3 Å². The molecule has 7 nitrogen and oxygen atoms in total. The second-order valence-corrected chi connectivity index (χ2v) is 7.48. The van der Waals surface area contributed by atoms with Crippen molar-refractivity contribution in [3.05, 3.63) is 11.4 Å². The molecule has 0 radical (unpaired) electrons. The molecule has 0 saturated heterocycles. The van der Waals surface area contributed by atoms with Crippen LogP contribution in [0.5, 0.6) is 0 Å². The minimum Gasteiger partial charge on any atom is -0.461 e. The first kappa shape index (κ1) is 17.6. The van der Waals surface area contributed by atoms with Crippen LogP contribution in [0.3, 0.4) is 0 Å². The van der Waals surface area contributed by atoms with E-state index in [9.17, 15) is 13.2 Å². The van der Waals surface area contributed by atoms with E-state index in [1.165, 1.54) is 0 Å². The van der Waals surface area contributed by atoms with Gasteiger partial charge in [-0.15, -0.1) is 5.10 Å². The van der Waals surface area contributed by atoms with Crippen molar-refractivity contribution in [1.29, 1.82) is 0 Å². The molecular weight excluding hydrogens is 294 g/mol. The van der Waals surface area contributed by atoms with Gasteiger partial charge in [0.1, 0.15) is 9.84 Å². The minimum absolute atomic E-state index is 0.0437. The number of rotatable bonds is 8. The molecule has 0 bridgehead atoms. The number of nitrogens with zero attached hydrogens (tertiary/aromatic N) is 3. The number of hydrogen-bond acceptors (Lipinski definition) is 6. The van der Waals surface area contributed by atoms with Crippen molar-refractivity contribution in [3.63, 3.8) is 0 Å². The normalized spacial score (nSPS) is 11.9. The van der Waals surface area contributed by atoms with Gasteiger partial charge in [-0.2, -0.15) is 0 Å². The highest BCUT2D eigenvalue weighted by Crippen LogP contribution is 2.18. The Morgan fingerprint density at radius 1 is 1.33 bits per heavy atom. The van der Waals surface area contributed by atoms with Crippen LogP contribution >= 0.6 is 0 Å². The maximum absolute atomic E-state index is 11.8.